The van der Waals surface area contributed by atoms with Crippen molar-refractivity contribution in [3.05, 3.63) is 72.7 Å². The highest BCUT2D eigenvalue weighted by atomic mass is 35.5. The molecule has 3 heterocycles. The van der Waals surface area contributed by atoms with E-state index < -0.39 is 11.4 Å². The highest BCUT2D eigenvalue weighted by Gasteiger charge is 2.29. The van der Waals surface area contributed by atoms with Gasteiger partial charge in [-0.15, -0.1) is 0 Å². The number of nitrogens with zero attached hydrogens (tertiary/aromatic N) is 3. The molecule has 1 saturated carbocycles. The molecule has 0 bridgehead atoms. The summed E-state index contributed by atoms with van der Waals surface area (Å²) in [7, 11) is 0. The molecule has 1 aromatic carbocycles. The fourth-order valence-electron chi connectivity index (χ4n) is 5.53. The third kappa shape index (κ3) is 5.80. The summed E-state index contributed by atoms with van der Waals surface area (Å²) in [5.74, 6) is 1.20. The molecule has 2 aliphatic rings. The van der Waals surface area contributed by atoms with Crippen molar-refractivity contribution in [3.8, 4) is 0 Å². The van der Waals surface area contributed by atoms with Crippen molar-refractivity contribution >= 4 is 51.9 Å². The van der Waals surface area contributed by atoms with Crippen LogP contribution < -0.4 is 16.6 Å². The normalized spacial score (nSPS) is 20.5. The van der Waals surface area contributed by atoms with Crippen LogP contribution in [0.2, 0.25) is 10.0 Å². The van der Waals surface area contributed by atoms with Gasteiger partial charge in [0.2, 0.25) is 5.91 Å². The van der Waals surface area contributed by atoms with Crippen molar-refractivity contribution in [1.29, 1.82) is 0 Å². The number of fused-ring (bicyclic) bond motifs is 1. The summed E-state index contributed by atoms with van der Waals surface area (Å²) in [6, 6.07) is 6.13. The van der Waals surface area contributed by atoms with Crippen LogP contribution in [-0.2, 0) is 11.2 Å². The van der Waals surface area contributed by atoms with Crippen molar-refractivity contribution in [3.63, 3.8) is 0 Å². The van der Waals surface area contributed by atoms with Crippen LogP contribution in [0.1, 0.15) is 62.6 Å². The van der Waals surface area contributed by atoms with Gasteiger partial charge in [0.15, 0.2) is 0 Å². The van der Waals surface area contributed by atoms with Crippen molar-refractivity contribution in [1.82, 2.24) is 19.4 Å². The Morgan fingerprint density at radius 1 is 1.00 bits per heavy atom. The van der Waals surface area contributed by atoms with Crippen molar-refractivity contribution in [2.24, 2.45) is 0 Å². The molecule has 1 N–H and O–H groups in total. The number of benzene rings is 1. The molecule has 2 fully saturated rings. The molecule has 0 unspecified atom stereocenters. The number of halogens is 3. The lowest BCUT2D eigenvalue weighted by Gasteiger charge is -2.31. The first kappa shape index (κ1) is 27.2. The molecule has 0 atom stereocenters. The van der Waals surface area contributed by atoms with Crippen molar-refractivity contribution < 1.29 is 9.18 Å². The zero-order valence-corrected chi connectivity index (χ0v) is 23.1. The molecule has 0 spiro atoms. The van der Waals surface area contributed by atoms with Crippen molar-refractivity contribution in [2.45, 2.75) is 69.5 Å². The van der Waals surface area contributed by atoms with E-state index in [1.165, 1.54) is 10.6 Å². The third-order valence-corrected chi connectivity index (χ3v) is 9.32. The predicted molar refractivity (Wildman–Crippen MR) is 150 cm³/mol. The first-order valence-corrected chi connectivity index (χ1v) is 14.9. The number of aryl methyl sites for hydroxylation is 1. The maximum atomic E-state index is 14.1. The van der Waals surface area contributed by atoms with Gasteiger partial charge in [-0.25, -0.2) is 14.2 Å². The maximum absolute atomic E-state index is 14.1. The zero-order chi connectivity index (χ0) is 26.8. The smallest absolute Gasteiger partial charge is 0.333 e. The number of nitrogens with one attached hydrogen (secondary N) is 1. The summed E-state index contributed by atoms with van der Waals surface area (Å²) < 4.78 is 17.0. The number of carbonyl (C=O) groups is 1. The minimum atomic E-state index is -0.599. The minimum absolute atomic E-state index is 0.0274. The Morgan fingerprint density at radius 2 is 1.71 bits per heavy atom. The van der Waals surface area contributed by atoms with E-state index in [2.05, 4.69) is 10.3 Å². The van der Waals surface area contributed by atoms with Crippen LogP contribution in [-0.4, -0.2) is 37.6 Å². The molecule has 5 rings (SSSR count). The summed E-state index contributed by atoms with van der Waals surface area (Å²) in [5, 5.41) is 4.17. The van der Waals surface area contributed by atoms with Crippen molar-refractivity contribution in [2.75, 3.05) is 11.5 Å². The van der Waals surface area contributed by atoms with Gasteiger partial charge in [0, 0.05) is 24.5 Å². The Kier molecular flexibility index (Phi) is 8.45. The highest BCUT2D eigenvalue weighted by molar-refractivity contribution is 7.99. The Morgan fingerprint density at radius 3 is 2.42 bits per heavy atom. The molecule has 1 aliphatic carbocycles. The van der Waals surface area contributed by atoms with Crippen LogP contribution in [0.5, 0.6) is 0 Å². The van der Waals surface area contributed by atoms with Gasteiger partial charge in [0.25, 0.3) is 5.56 Å². The molecular weight excluding hydrogens is 550 g/mol. The van der Waals surface area contributed by atoms with E-state index in [-0.39, 0.29) is 40.8 Å². The zero-order valence-electron chi connectivity index (χ0n) is 20.8. The number of amides is 1. The molecule has 0 radical (unpaired) electrons. The molecule has 2 aromatic heterocycles. The lowest BCUT2D eigenvalue weighted by atomic mass is 9.90. The Hall–Kier alpha value is -2.36. The van der Waals surface area contributed by atoms with E-state index in [4.69, 9.17) is 23.2 Å². The average molecular weight is 580 g/mol. The predicted octanol–water partition coefficient (Wildman–Crippen LogP) is 5.30. The first-order valence-electron chi connectivity index (χ1n) is 12.9. The van der Waals surface area contributed by atoms with Gasteiger partial charge in [0.05, 0.1) is 21.6 Å². The Bertz CT molecular complexity index is 1460. The average Bonchev–Trinajstić information content (AvgIpc) is 2.91. The van der Waals surface area contributed by atoms with E-state index in [9.17, 15) is 18.8 Å². The molecule has 11 heteroatoms. The van der Waals surface area contributed by atoms with Crippen LogP contribution in [0, 0.1) is 5.82 Å². The van der Waals surface area contributed by atoms with Gasteiger partial charge in [-0.05, 0) is 80.2 Å². The summed E-state index contributed by atoms with van der Waals surface area (Å²) >= 11 is 13.9. The van der Waals surface area contributed by atoms with Gasteiger partial charge in [-0.2, -0.15) is 11.8 Å². The summed E-state index contributed by atoms with van der Waals surface area (Å²) in [6.07, 6.45) is 5.98. The molecule has 38 heavy (non-hydrogen) atoms. The van der Waals surface area contributed by atoms with E-state index in [0.29, 0.717) is 48.6 Å². The maximum Gasteiger partial charge on any atom is 0.333 e. The van der Waals surface area contributed by atoms with E-state index >= 15 is 0 Å². The number of hydrogen-bond acceptors (Lipinski definition) is 5. The van der Waals surface area contributed by atoms with Crippen LogP contribution in [0.15, 0.2) is 40.1 Å². The number of hydrogen-bond donors (Lipinski definition) is 1. The van der Waals surface area contributed by atoms with Gasteiger partial charge in [-0.1, -0.05) is 29.3 Å². The van der Waals surface area contributed by atoms with E-state index in [1.54, 1.807) is 16.7 Å². The van der Waals surface area contributed by atoms with Crippen LogP contribution >= 0.6 is 35.0 Å². The fraction of sp³-hybridized carbons (Fsp3) is 0.481. The number of carbonyl (C=O) groups excluding carboxylic acids is 1. The fourth-order valence-corrected chi connectivity index (χ4v) is 6.93. The second kappa shape index (κ2) is 11.8. The standard InChI is InChI=1S/C27H29Cl2FN4O3S/c28-22-7-1-16(13-23(22)29)2-8-24(35)32-18-3-5-19(6-4-18)34-26(36)21-14-17(30)15-31-25(21)33(27(34)37)20-9-11-38-12-10-20/h1,7,13-15,18-20H,2-6,8-12H2,(H,32,35). The van der Waals surface area contributed by atoms with Gasteiger partial charge < -0.3 is 5.32 Å². The number of rotatable bonds is 6. The second-order valence-electron chi connectivity index (χ2n) is 10.0. The SMILES string of the molecule is O=C(CCc1ccc(Cl)c(Cl)c1)NC1CCC(n2c(=O)c3cc(F)cnc3n(C3CCSCC3)c2=O)CC1. The van der Waals surface area contributed by atoms with E-state index in [0.717, 1.165) is 36.1 Å². The van der Waals surface area contributed by atoms with Crippen LogP contribution in [0.3, 0.4) is 0 Å². The number of aromatic nitrogens is 3. The quantitative estimate of drug-likeness (QED) is 0.428. The van der Waals surface area contributed by atoms with Crippen LogP contribution in [0.4, 0.5) is 4.39 Å². The Labute approximate surface area is 233 Å². The number of thioether (sulfide) groups is 1. The van der Waals surface area contributed by atoms with Gasteiger partial charge in [-0.3, -0.25) is 18.7 Å². The summed E-state index contributed by atoms with van der Waals surface area (Å²) in [4.78, 5) is 43.9. The topological polar surface area (TPSA) is 86.0 Å². The Balaban J connectivity index is 1.29. The molecule has 1 aliphatic heterocycles. The molecule has 3 aromatic rings. The van der Waals surface area contributed by atoms with E-state index in [1.807, 2.05) is 17.8 Å². The minimum Gasteiger partial charge on any atom is -0.353 e. The van der Waals surface area contributed by atoms with Crippen LogP contribution in [0.25, 0.3) is 11.0 Å². The number of pyridine rings is 1. The molecule has 7 nitrogen and oxygen atoms in total. The lowest BCUT2D eigenvalue weighted by Crippen LogP contribution is -2.46. The first-order chi connectivity index (χ1) is 18.3. The van der Waals surface area contributed by atoms with Gasteiger partial charge >= 0.3 is 5.69 Å². The molecule has 1 amide bonds. The summed E-state index contributed by atoms with van der Waals surface area (Å²) in [6.45, 7) is 0. The largest absolute Gasteiger partial charge is 0.353 e. The third-order valence-electron chi connectivity index (χ3n) is 7.53. The summed E-state index contributed by atoms with van der Waals surface area (Å²) in [5.41, 5.74) is 0.338. The lowest BCUT2D eigenvalue weighted by molar-refractivity contribution is -0.122. The molecule has 202 valence electrons. The second-order valence-corrected chi connectivity index (χ2v) is 12.1. The molecule has 1 saturated heterocycles. The monoisotopic (exact) mass is 578 g/mol. The highest BCUT2D eigenvalue weighted by Crippen LogP contribution is 2.30. The molecular formula is C27H29Cl2FN4O3S. The van der Waals surface area contributed by atoms with Gasteiger partial charge in [0.1, 0.15) is 11.5 Å².